The van der Waals surface area contributed by atoms with E-state index in [2.05, 4.69) is 43.5 Å². The first-order valence-electron chi connectivity index (χ1n) is 36.1. The van der Waals surface area contributed by atoms with E-state index in [1.54, 1.807) is 0 Å². The van der Waals surface area contributed by atoms with Crippen LogP contribution in [0.2, 0.25) is 0 Å². The van der Waals surface area contributed by atoms with Crippen molar-refractivity contribution in [2.45, 2.75) is 418 Å². The van der Waals surface area contributed by atoms with Crippen LogP contribution in [0.5, 0.6) is 0 Å². The second kappa shape index (κ2) is 68.8. The molecule has 1 amide bonds. The summed E-state index contributed by atoms with van der Waals surface area (Å²) < 4.78 is 5.48. The van der Waals surface area contributed by atoms with Crippen molar-refractivity contribution in [2.24, 2.45) is 0 Å². The summed E-state index contributed by atoms with van der Waals surface area (Å²) >= 11 is 0. The summed E-state index contributed by atoms with van der Waals surface area (Å²) in [4.78, 5) is 24.6. The van der Waals surface area contributed by atoms with Crippen LogP contribution in [0.4, 0.5) is 0 Å². The number of rotatable bonds is 68. The zero-order valence-electron chi connectivity index (χ0n) is 53.6. The van der Waals surface area contributed by atoms with Crippen molar-refractivity contribution in [2.75, 3.05) is 13.2 Å². The zero-order valence-corrected chi connectivity index (χ0v) is 53.6. The van der Waals surface area contributed by atoms with Crippen LogP contribution in [0.3, 0.4) is 0 Å². The van der Waals surface area contributed by atoms with Gasteiger partial charge in [-0.25, -0.2) is 0 Å². The highest BCUT2D eigenvalue weighted by atomic mass is 16.5. The van der Waals surface area contributed by atoms with E-state index < -0.39 is 12.1 Å². The Morgan fingerprint density at radius 1 is 0.354 bits per heavy atom. The molecule has 0 spiro atoms. The smallest absolute Gasteiger partial charge is 0.305 e. The van der Waals surface area contributed by atoms with E-state index in [9.17, 15) is 19.8 Å². The van der Waals surface area contributed by atoms with E-state index in [4.69, 9.17) is 4.74 Å². The lowest BCUT2D eigenvalue weighted by Gasteiger charge is -2.22. The quantitative estimate of drug-likeness (QED) is 0.0320. The fraction of sp³-hybridized carbons (Fsp3) is 0.918. The molecular formula is C73H141NO5. The van der Waals surface area contributed by atoms with E-state index in [1.165, 1.54) is 321 Å². The monoisotopic (exact) mass is 1110 g/mol. The molecule has 2 unspecified atom stereocenters. The van der Waals surface area contributed by atoms with Crippen molar-refractivity contribution < 1.29 is 24.5 Å². The summed E-state index contributed by atoms with van der Waals surface area (Å²) in [5, 5.41) is 23.4. The number of nitrogens with one attached hydrogen (secondary N) is 1. The van der Waals surface area contributed by atoms with Gasteiger partial charge in [0.1, 0.15) is 0 Å². The van der Waals surface area contributed by atoms with Gasteiger partial charge in [-0.15, -0.1) is 0 Å². The molecular weight excluding hydrogens is 971 g/mol. The lowest BCUT2D eigenvalue weighted by atomic mass is 10.0. The number of carbonyl (C=O) groups is 2. The Kier molecular flexibility index (Phi) is 67.4. The summed E-state index contributed by atoms with van der Waals surface area (Å²) in [5.74, 6) is -0.0203. The number of unbranched alkanes of at least 4 members (excludes halogenated alkanes) is 53. The van der Waals surface area contributed by atoms with Crippen LogP contribution in [0.1, 0.15) is 406 Å². The molecule has 0 radical (unpaired) electrons. The van der Waals surface area contributed by atoms with E-state index in [-0.39, 0.29) is 18.5 Å². The number of amides is 1. The molecule has 0 bridgehead atoms. The first kappa shape index (κ1) is 77.3. The standard InChI is InChI=1S/C73H141NO5/c1-3-5-7-9-11-13-15-17-18-35-38-42-45-49-53-57-61-65-71(76)70(69-75)74-72(77)66-62-58-54-50-46-43-39-36-33-31-29-27-25-23-21-19-20-22-24-26-28-30-32-34-37-40-44-48-52-56-60-64-68-79-73(78)67-63-59-55-51-47-41-16-14-12-10-8-6-4-2/h8,10,14,16,70-71,75-76H,3-7,9,11-13,15,17-69H2,1-2H3,(H,74,77)/b10-8-,16-14-. The van der Waals surface area contributed by atoms with Crippen molar-refractivity contribution in [1.82, 2.24) is 5.32 Å². The maximum atomic E-state index is 12.5. The summed E-state index contributed by atoms with van der Waals surface area (Å²) in [7, 11) is 0. The van der Waals surface area contributed by atoms with E-state index in [0.29, 0.717) is 25.9 Å². The van der Waals surface area contributed by atoms with Crippen molar-refractivity contribution >= 4 is 11.9 Å². The molecule has 2 atom stereocenters. The van der Waals surface area contributed by atoms with Crippen LogP contribution in [0.15, 0.2) is 24.3 Å². The first-order valence-corrected chi connectivity index (χ1v) is 36.1. The molecule has 0 rings (SSSR count). The number of hydrogen-bond donors (Lipinski definition) is 3. The van der Waals surface area contributed by atoms with Crippen molar-refractivity contribution in [3.05, 3.63) is 24.3 Å². The maximum absolute atomic E-state index is 12.5. The van der Waals surface area contributed by atoms with Crippen molar-refractivity contribution in [3.63, 3.8) is 0 Å². The average Bonchev–Trinajstić information content (AvgIpc) is 3.45. The third-order valence-electron chi connectivity index (χ3n) is 17.0. The van der Waals surface area contributed by atoms with Gasteiger partial charge in [-0.2, -0.15) is 0 Å². The van der Waals surface area contributed by atoms with E-state index in [0.717, 1.165) is 51.4 Å². The Bertz CT molecular complexity index is 1230. The van der Waals surface area contributed by atoms with Gasteiger partial charge < -0.3 is 20.3 Å². The largest absolute Gasteiger partial charge is 0.466 e. The average molecular weight is 1110 g/mol. The second-order valence-electron chi connectivity index (χ2n) is 24.9. The highest BCUT2D eigenvalue weighted by molar-refractivity contribution is 5.76. The maximum Gasteiger partial charge on any atom is 0.305 e. The minimum absolute atomic E-state index is 0.00637. The Morgan fingerprint density at radius 2 is 0.658 bits per heavy atom. The summed E-state index contributed by atoms with van der Waals surface area (Å²) in [6.45, 7) is 4.92. The van der Waals surface area contributed by atoms with E-state index >= 15 is 0 Å². The van der Waals surface area contributed by atoms with Crippen LogP contribution in [0.25, 0.3) is 0 Å². The normalized spacial score (nSPS) is 12.6. The van der Waals surface area contributed by atoms with Crippen LogP contribution in [-0.2, 0) is 14.3 Å². The molecule has 0 aliphatic rings. The number of esters is 1. The van der Waals surface area contributed by atoms with Gasteiger partial charge >= 0.3 is 5.97 Å². The predicted molar refractivity (Wildman–Crippen MR) is 347 cm³/mol. The fourth-order valence-electron chi connectivity index (χ4n) is 11.5. The Labute approximate surface area is 494 Å². The number of allylic oxidation sites excluding steroid dienone is 4. The molecule has 0 aromatic rings. The molecule has 0 aliphatic heterocycles. The molecule has 0 heterocycles. The van der Waals surface area contributed by atoms with Gasteiger partial charge in [0, 0.05) is 12.8 Å². The number of carbonyl (C=O) groups excluding carboxylic acids is 2. The Morgan fingerprint density at radius 3 is 1.01 bits per heavy atom. The van der Waals surface area contributed by atoms with Gasteiger partial charge in [0.2, 0.25) is 5.91 Å². The lowest BCUT2D eigenvalue weighted by molar-refractivity contribution is -0.143. The molecule has 0 aromatic heterocycles. The summed E-state index contributed by atoms with van der Waals surface area (Å²) in [6.07, 6.45) is 86.7. The molecule has 0 saturated carbocycles. The summed E-state index contributed by atoms with van der Waals surface area (Å²) in [6, 6.07) is -0.538. The first-order chi connectivity index (χ1) is 39.0. The van der Waals surface area contributed by atoms with Crippen LogP contribution >= 0.6 is 0 Å². The topological polar surface area (TPSA) is 95.9 Å². The Hall–Kier alpha value is -1.66. The molecule has 0 saturated heterocycles. The third kappa shape index (κ3) is 65.4. The van der Waals surface area contributed by atoms with Gasteiger partial charge in [0.25, 0.3) is 0 Å². The molecule has 6 heteroatoms. The van der Waals surface area contributed by atoms with Crippen LogP contribution in [0, 0.1) is 0 Å². The van der Waals surface area contributed by atoms with Crippen molar-refractivity contribution in [3.8, 4) is 0 Å². The third-order valence-corrected chi connectivity index (χ3v) is 17.0. The molecule has 0 aromatic carbocycles. The zero-order chi connectivity index (χ0) is 57.1. The minimum Gasteiger partial charge on any atom is -0.466 e. The number of hydrogen-bond acceptors (Lipinski definition) is 5. The number of aliphatic hydroxyl groups is 2. The number of ether oxygens (including phenoxy) is 1. The SMILES string of the molecule is CCC/C=C\C/C=C\CCCCCCCC(=O)OCCCCCCCCCCCCCCCCCCCCCCCCCCCCCCCCCCC(=O)NC(CO)C(O)CCCCCCCCCCCCCCCCCCC. The molecule has 0 fully saturated rings. The van der Waals surface area contributed by atoms with Gasteiger partial charge in [0.05, 0.1) is 25.4 Å². The molecule has 468 valence electrons. The predicted octanol–water partition coefficient (Wildman–Crippen LogP) is 23.3. The molecule has 3 N–H and O–H groups in total. The highest BCUT2D eigenvalue weighted by Crippen LogP contribution is 2.19. The van der Waals surface area contributed by atoms with Crippen LogP contribution < -0.4 is 5.32 Å². The van der Waals surface area contributed by atoms with Gasteiger partial charge in [-0.3, -0.25) is 9.59 Å². The molecule has 79 heavy (non-hydrogen) atoms. The van der Waals surface area contributed by atoms with Crippen molar-refractivity contribution in [1.29, 1.82) is 0 Å². The fourth-order valence-corrected chi connectivity index (χ4v) is 11.5. The van der Waals surface area contributed by atoms with Gasteiger partial charge in [-0.1, -0.05) is 366 Å². The molecule has 6 nitrogen and oxygen atoms in total. The lowest BCUT2D eigenvalue weighted by Crippen LogP contribution is -2.45. The second-order valence-corrected chi connectivity index (χ2v) is 24.9. The molecule has 0 aliphatic carbocycles. The van der Waals surface area contributed by atoms with E-state index in [1.807, 2.05) is 0 Å². The highest BCUT2D eigenvalue weighted by Gasteiger charge is 2.20. The van der Waals surface area contributed by atoms with Gasteiger partial charge in [0.15, 0.2) is 0 Å². The van der Waals surface area contributed by atoms with Crippen LogP contribution in [-0.4, -0.2) is 47.4 Å². The number of aliphatic hydroxyl groups excluding tert-OH is 2. The Balaban J connectivity index is 3.32. The minimum atomic E-state index is -0.661. The van der Waals surface area contributed by atoms with Gasteiger partial charge in [-0.05, 0) is 51.4 Å². The summed E-state index contributed by atoms with van der Waals surface area (Å²) in [5.41, 5.74) is 0.